The third-order valence-corrected chi connectivity index (χ3v) is 6.31. The molecule has 0 aromatic heterocycles. The summed E-state index contributed by atoms with van der Waals surface area (Å²) in [4.78, 5) is 12.4. The van der Waals surface area contributed by atoms with Gasteiger partial charge < -0.3 is 10.1 Å². The summed E-state index contributed by atoms with van der Waals surface area (Å²) < 4.78 is 74.1. The number of benzene rings is 3. The van der Waals surface area contributed by atoms with Gasteiger partial charge in [0.25, 0.3) is 10.0 Å². The van der Waals surface area contributed by atoms with Crippen LogP contribution in [0.2, 0.25) is 0 Å². The molecule has 0 saturated heterocycles. The molecule has 0 unspecified atom stereocenters. The minimum absolute atomic E-state index is 0.0286. The second kappa shape index (κ2) is 9.31. The number of hydrogen-bond acceptors (Lipinski definition) is 4. The third-order valence-electron chi connectivity index (χ3n) is 4.52. The van der Waals surface area contributed by atoms with Crippen molar-refractivity contribution in [3.8, 4) is 5.75 Å². The van der Waals surface area contributed by atoms with Gasteiger partial charge >= 0.3 is 0 Å². The van der Waals surface area contributed by atoms with Crippen molar-refractivity contribution in [3.63, 3.8) is 0 Å². The van der Waals surface area contributed by atoms with Gasteiger partial charge in [-0.2, -0.15) is 0 Å². The molecule has 10 heteroatoms. The first-order valence-electron chi connectivity index (χ1n) is 9.30. The zero-order valence-electron chi connectivity index (χ0n) is 17.1. The number of anilines is 2. The van der Waals surface area contributed by atoms with E-state index in [1.54, 1.807) is 13.0 Å². The molecule has 1 N–H and O–H groups in total. The van der Waals surface area contributed by atoms with Gasteiger partial charge in [-0.25, -0.2) is 21.6 Å². The molecular weight excluding hydrogens is 445 g/mol. The van der Waals surface area contributed by atoms with Crippen molar-refractivity contribution in [2.24, 2.45) is 0 Å². The maximum atomic E-state index is 13.9. The number of sulfonamides is 1. The maximum absolute atomic E-state index is 13.9. The summed E-state index contributed by atoms with van der Waals surface area (Å²) in [6, 6.07) is 11.9. The van der Waals surface area contributed by atoms with Gasteiger partial charge in [-0.3, -0.25) is 9.10 Å². The predicted octanol–water partition coefficient (Wildman–Crippen LogP) is 4.25. The predicted molar refractivity (Wildman–Crippen MR) is 114 cm³/mol. The Labute approximate surface area is 183 Å². The number of aryl methyl sites for hydroxylation is 1. The fraction of sp³-hybridized carbons (Fsp3) is 0.136. The molecular formula is C22H19F3N2O4S. The van der Waals surface area contributed by atoms with E-state index in [1.807, 2.05) is 0 Å². The Morgan fingerprint density at radius 1 is 1.00 bits per heavy atom. The summed E-state index contributed by atoms with van der Waals surface area (Å²) >= 11 is 0. The lowest BCUT2D eigenvalue weighted by Gasteiger charge is -2.25. The molecule has 168 valence electrons. The van der Waals surface area contributed by atoms with Crippen molar-refractivity contribution in [2.45, 2.75) is 11.8 Å². The van der Waals surface area contributed by atoms with E-state index in [2.05, 4.69) is 5.32 Å². The summed E-state index contributed by atoms with van der Waals surface area (Å²) in [6.07, 6.45) is 0. The quantitative estimate of drug-likeness (QED) is 0.567. The third kappa shape index (κ3) is 4.86. The van der Waals surface area contributed by atoms with E-state index >= 15 is 0 Å². The number of ether oxygens (including phenoxy) is 1. The monoisotopic (exact) mass is 464 g/mol. The number of rotatable bonds is 7. The van der Waals surface area contributed by atoms with Gasteiger partial charge in [0.1, 0.15) is 40.3 Å². The molecule has 0 aliphatic carbocycles. The van der Waals surface area contributed by atoms with Gasteiger partial charge in [0.2, 0.25) is 5.91 Å². The molecule has 3 rings (SSSR count). The highest BCUT2D eigenvalue weighted by molar-refractivity contribution is 7.93. The van der Waals surface area contributed by atoms with Crippen LogP contribution in [0, 0.1) is 24.4 Å². The number of carbonyl (C=O) groups excluding carboxylic acids is 1. The van der Waals surface area contributed by atoms with Gasteiger partial charge in [0.05, 0.1) is 12.8 Å². The zero-order chi connectivity index (χ0) is 23.5. The smallest absolute Gasteiger partial charge is 0.268 e. The number of methoxy groups -OCH3 is 1. The minimum atomic E-state index is -4.40. The van der Waals surface area contributed by atoms with Crippen molar-refractivity contribution in [1.82, 2.24) is 0 Å². The largest absolute Gasteiger partial charge is 0.495 e. The van der Waals surface area contributed by atoms with Gasteiger partial charge in [0, 0.05) is 0 Å². The highest BCUT2D eigenvalue weighted by atomic mass is 32.2. The molecule has 0 radical (unpaired) electrons. The number of para-hydroxylation sites is 1. The highest BCUT2D eigenvalue weighted by Gasteiger charge is 2.30. The summed E-state index contributed by atoms with van der Waals surface area (Å²) in [7, 11) is -3.11. The van der Waals surface area contributed by atoms with Crippen LogP contribution in [0.25, 0.3) is 0 Å². The Morgan fingerprint density at radius 3 is 2.22 bits per heavy atom. The Balaban J connectivity index is 2.04. The summed E-state index contributed by atoms with van der Waals surface area (Å²) in [5.41, 5.74) is -0.123. The van der Waals surface area contributed by atoms with Crippen molar-refractivity contribution >= 4 is 27.3 Å². The highest BCUT2D eigenvalue weighted by Crippen LogP contribution is 2.31. The van der Waals surface area contributed by atoms with Gasteiger partial charge in [-0.15, -0.1) is 0 Å². The van der Waals surface area contributed by atoms with Crippen LogP contribution >= 0.6 is 0 Å². The van der Waals surface area contributed by atoms with Crippen LogP contribution in [0.5, 0.6) is 5.75 Å². The fourth-order valence-corrected chi connectivity index (χ4v) is 4.62. The molecule has 3 aromatic carbocycles. The zero-order valence-corrected chi connectivity index (χ0v) is 17.9. The molecule has 3 aromatic rings. The molecule has 0 aliphatic rings. The lowest BCUT2D eigenvalue weighted by atomic mass is 10.2. The van der Waals surface area contributed by atoms with Crippen molar-refractivity contribution in [2.75, 3.05) is 23.3 Å². The van der Waals surface area contributed by atoms with E-state index in [4.69, 9.17) is 4.74 Å². The molecule has 1 amide bonds. The van der Waals surface area contributed by atoms with E-state index in [9.17, 15) is 26.4 Å². The Hall–Kier alpha value is -3.53. The Kier molecular flexibility index (Phi) is 6.73. The number of nitrogens with zero attached hydrogens (tertiary/aromatic N) is 1. The second-order valence-corrected chi connectivity index (χ2v) is 8.62. The van der Waals surface area contributed by atoms with E-state index in [-0.39, 0.29) is 16.3 Å². The lowest BCUT2D eigenvalue weighted by molar-refractivity contribution is -0.114. The molecule has 0 aliphatic heterocycles. The SMILES string of the molecule is COc1ccc(C)cc1S(=O)(=O)N(CC(=O)Nc1c(F)cccc1F)c1ccc(F)cc1. The summed E-state index contributed by atoms with van der Waals surface area (Å²) in [5.74, 6) is -3.63. The van der Waals surface area contributed by atoms with Gasteiger partial charge in [-0.1, -0.05) is 12.1 Å². The molecule has 0 atom stereocenters. The minimum Gasteiger partial charge on any atom is -0.495 e. The normalized spacial score (nSPS) is 11.2. The van der Waals surface area contributed by atoms with Crippen LogP contribution in [-0.2, 0) is 14.8 Å². The van der Waals surface area contributed by atoms with Crippen LogP contribution in [0.15, 0.2) is 65.6 Å². The Morgan fingerprint density at radius 2 is 1.62 bits per heavy atom. The lowest BCUT2D eigenvalue weighted by Crippen LogP contribution is -2.38. The van der Waals surface area contributed by atoms with Gasteiger partial charge in [0.15, 0.2) is 0 Å². The molecule has 0 heterocycles. The van der Waals surface area contributed by atoms with Crippen molar-refractivity contribution in [1.29, 1.82) is 0 Å². The van der Waals surface area contributed by atoms with E-state index < -0.39 is 45.6 Å². The number of hydrogen-bond donors (Lipinski definition) is 1. The molecule has 0 fully saturated rings. The van der Waals surface area contributed by atoms with Crippen molar-refractivity contribution < 1.29 is 31.1 Å². The average molecular weight is 464 g/mol. The molecule has 32 heavy (non-hydrogen) atoms. The summed E-state index contributed by atoms with van der Waals surface area (Å²) in [6.45, 7) is 0.840. The summed E-state index contributed by atoms with van der Waals surface area (Å²) in [5, 5.41) is 2.05. The maximum Gasteiger partial charge on any atom is 0.268 e. The van der Waals surface area contributed by atoms with E-state index in [0.29, 0.717) is 9.87 Å². The van der Waals surface area contributed by atoms with Crippen LogP contribution in [0.4, 0.5) is 24.5 Å². The standard InChI is InChI=1S/C22H19F3N2O4S/c1-14-6-11-19(31-2)20(12-14)32(29,30)27(16-9-7-15(23)8-10-16)13-21(28)26-22-17(24)4-3-5-18(22)25/h3-12H,13H2,1-2H3,(H,26,28). The van der Waals surface area contributed by atoms with E-state index in [1.165, 1.54) is 31.4 Å². The van der Waals surface area contributed by atoms with Crippen LogP contribution in [0.1, 0.15) is 5.56 Å². The molecule has 0 spiro atoms. The van der Waals surface area contributed by atoms with Gasteiger partial charge in [-0.05, 0) is 61.0 Å². The Bertz CT molecular complexity index is 1230. The first-order valence-corrected chi connectivity index (χ1v) is 10.7. The number of nitrogens with one attached hydrogen (secondary N) is 1. The number of amides is 1. The topological polar surface area (TPSA) is 75.7 Å². The first-order chi connectivity index (χ1) is 15.1. The van der Waals surface area contributed by atoms with E-state index in [0.717, 1.165) is 30.3 Å². The first kappa shape index (κ1) is 23.1. The number of halogens is 3. The molecule has 6 nitrogen and oxygen atoms in total. The average Bonchev–Trinajstić information content (AvgIpc) is 2.75. The molecule has 0 saturated carbocycles. The van der Waals surface area contributed by atoms with Crippen molar-refractivity contribution in [3.05, 3.63) is 83.7 Å². The fourth-order valence-electron chi connectivity index (χ4n) is 2.95. The molecule has 0 bridgehead atoms. The second-order valence-electron chi connectivity index (χ2n) is 6.79. The van der Waals surface area contributed by atoms with Crippen LogP contribution < -0.4 is 14.4 Å². The van der Waals surface area contributed by atoms with Crippen LogP contribution in [0.3, 0.4) is 0 Å². The number of carbonyl (C=O) groups is 1. The van der Waals surface area contributed by atoms with Crippen LogP contribution in [-0.4, -0.2) is 28.0 Å².